The minimum absolute atomic E-state index is 0.189. The number of amidine groups is 1. The summed E-state index contributed by atoms with van der Waals surface area (Å²) in [6.07, 6.45) is 3.46. The lowest BCUT2D eigenvalue weighted by molar-refractivity contribution is -0.115. The monoisotopic (exact) mass is 550 g/mol. The van der Waals surface area contributed by atoms with Crippen LogP contribution in [0.15, 0.2) is 55.8 Å². The highest BCUT2D eigenvalue weighted by molar-refractivity contribution is 9.10. The van der Waals surface area contributed by atoms with E-state index >= 15 is 0 Å². The number of halogens is 2. The number of methoxy groups -OCH3 is 1. The van der Waals surface area contributed by atoms with E-state index < -0.39 is 0 Å². The number of hydrogen-bond acceptors (Lipinski definition) is 5. The van der Waals surface area contributed by atoms with Gasteiger partial charge in [-0.05, 0) is 88.6 Å². The maximum Gasteiger partial charge on any atom is 0.264 e. The normalized spacial score (nSPS) is 16.1. The van der Waals surface area contributed by atoms with Gasteiger partial charge in [-0.2, -0.15) is 0 Å². The average Bonchev–Trinajstić information content (AvgIpc) is 3.03. The van der Waals surface area contributed by atoms with Crippen molar-refractivity contribution in [2.45, 2.75) is 13.8 Å². The molecule has 3 rings (SSSR count). The van der Waals surface area contributed by atoms with Crippen molar-refractivity contribution in [1.29, 1.82) is 0 Å². The highest BCUT2D eigenvalue weighted by Crippen LogP contribution is 2.38. The maximum atomic E-state index is 12.4. The molecule has 0 radical (unpaired) electrons. The first kappa shape index (κ1) is 22.7. The fraction of sp³-hybridized carbons (Fsp3) is 0.182. The van der Waals surface area contributed by atoms with Crippen molar-refractivity contribution in [3.05, 3.63) is 67.5 Å². The van der Waals surface area contributed by atoms with E-state index in [0.717, 1.165) is 31.3 Å². The third kappa shape index (κ3) is 5.17. The molecule has 1 N–H and O–H groups in total. The summed E-state index contributed by atoms with van der Waals surface area (Å²) < 4.78 is 12.9. The van der Waals surface area contributed by atoms with Crippen molar-refractivity contribution in [3.8, 4) is 11.5 Å². The van der Waals surface area contributed by atoms with Gasteiger partial charge in [0.15, 0.2) is 16.7 Å². The molecule has 2 aromatic carbocycles. The lowest BCUT2D eigenvalue weighted by Gasteiger charge is -2.12. The fourth-order valence-electron chi connectivity index (χ4n) is 2.84. The van der Waals surface area contributed by atoms with Gasteiger partial charge in [0.1, 0.15) is 6.61 Å². The summed E-state index contributed by atoms with van der Waals surface area (Å²) in [4.78, 5) is 17.6. The van der Waals surface area contributed by atoms with Crippen LogP contribution in [0, 0.1) is 13.8 Å². The molecule has 30 heavy (non-hydrogen) atoms. The van der Waals surface area contributed by atoms with Crippen molar-refractivity contribution in [2.24, 2.45) is 4.99 Å². The van der Waals surface area contributed by atoms with Crippen LogP contribution in [-0.4, -0.2) is 24.8 Å². The summed E-state index contributed by atoms with van der Waals surface area (Å²) in [7, 11) is 1.57. The van der Waals surface area contributed by atoms with E-state index in [-0.39, 0.29) is 5.91 Å². The highest BCUT2D eigenvalue weighted by Gasteiger charge is 2.24. The van der Waals surface area contributed by atoms with Crippen LogP contribution in [0.5, 0.6) is 11.5 Å². The van der Waals surface area contributed by atoms with Crippen LogP contribution >= 0.6 is 43.6 Å². The molecule has 1 aliphatic rings. The minimum Gasteiger partial charge on any atom is -0.493 e. The first-order valence-electron chi connectivity index (χ1n) is 9.00. The predicted molar refractivity (Wildman–Crippen MR) is 131 cm³/mol. The molecule has 2 aromatic rings. The van der Waals surface area contributed by atoms with Crippen LogP contribution in [0.25, 0.3) is 6.08 Å². The van der Waals surface area contributed by atoms with E-state index in [0.29, 0.717) is 28.2 Å². The number of hydrogen-bond donors (Lipinski definition) is 1. The third-order valence-corrected chi connectivity index (χ3v) is 6.95. The van der Waals surface area contributed by atoms with E-state index in [9.17, 15) is 4.79 Å². The van der Waals surface area contributed by atoms with Crippen molar-refractivity contribution in [1.82, 2.24) is 5.32 Å². The van der Waals surface area contributed by atoms with E-state index in [4.69, 9.17) is 9.47 Å². The van der Waals surface area contributed by atoms with Gasteiger partial charge in [-0.25, -0.2) is 4.99 Å². The Kier molecular flexibility index (Phi) is 7.44. The lowest BCUT2D eigenvalue weighted by atomic mass is 10.1. The number of aliphatic imine (C=N–C) groups is 1. The zero-order valence-electron chi connectivity index (χ0n) is 16.7. The number of aryl methyl sites for hydroxylation is 2. The van der Waals surface area contributed by atoms with Crippen molar-refractivity contribution >= 4 is 66.5 Å². The quantitative estimate of drug-likeness (QED) is 0.338. The Balaban J connectivity index is 1.88. The number of carbonyl (C=O) groups excluding carboxylic acids is 1. The molecule has 1 saturated heterocycles. The summed E-state index contributed by atoms with van der Waals surface area (Å²) >= 11 is 8.36. The SMILES string of the molecule is C=CCOc1c(Br)cc(/C=C2\SC(=Nc3cc(C)c(Br)c(C)c3)NC2=O)cc1OC. The molecule has 0 spiro atoms. The van der Waals surface area contributed by atoms with Gasteiger partial charge in [-0.15, -0.1) is 0 Å². The molecule has 156 valence electrons. The van der Waals surface area contributed by atoms with Gasteiger partial charge in [-0.1, -0.05) is 28.6 Å². The third-order valence-electron chi connectivity index (χ3n) is 4.20. The van der Waals surface area contributed by atoms with Gasteiger partial charge < -0.3 is 14.8 Å². The minimum atomic E-state index is -0.189. The summed E-state index contributed by atoms with van der Waals surface area (Å²) in [6, 6.07) is 7.64. The molecule has 5 nitrogen and oxygen atoms in total. The van der Waals surface area contributed by atoms with Gasteiger partial charge >= 0.3 is 0 Å². The summed E-state index contributed by atoms with van der Waals surface area (Å²) in [5, 5.41) is 3.37. The number of nitrogens with one attached hydrogen (secondary N) is 1. The maximum absolute atomic E-state index is 12.4. The van der Waals surface area contributed by atoms with Crippen LogP contribution in [0.2, 0.25) is 0 Å². The van der Waals surface area contributed by atoms with Crippen molar-refractivity contribution < 1.29 is 14.3 Å². The predicted octanol–water partition coefficient (Wildman–Crippen LogP) is 6.29. The number of rotatable bonds is 6. The number of benzene rings is 2. The lowest BCUT2D eigenvalue weighted by Crippen LogP contribution is -2.19. The molecule has 0 aliphatic carbocycles. The Labute approximate surface area is 196 Å². The van der Waals surface area contributed by atoms with Crippen molar-refractivity contribution in [3.63, 3.8) is 0 Å². The molecule has 0 atom stereocenters. The van der Waals surface area contributed by atoms with Gasteiger partial charge in [0.2, 0.25) is 0 Å². The molecule has 0 bridgehead atoms. The molecule has 0 unspecified atom stereocenters. The topological polar surface area (TPSA) is 59.9 Å². The Morgan fingerprint density at radius 3 is 2.53 bits per heavy atom. The van der Waals surface area contributed by atoms with E-state index in [1.54, 1.807) is 19.3 Å². The van der Waals surface area contributed by atoms with E-state index in [2.05, 4.69) is 48.7 Å². The smallest absolute Gasteiger partial charge is 0.264 e. The van der Waals surface area contributed by atoms with Gasteiger partial charge in [0.05, 0.1) is 22.2 Å². The second-order valence-corrected chi connectivity index (χ2v) is 9.19. The first-order chi connectivity index (χ1) is 14.3. The fourth-order valence-corrected chi connectivity index (χ4v) is 4.49. The summed E-state index contributed by atoms with van der Waals surface area (Å²) in [6.45, 7) is 8.05. The van der Waals surface area contributed by atoms with Crippen molar-refractivity contribution in [2.75, 3.05) is 13.7 Å². The largest absolute Gasteiger partial charge is 0.493 e. The molecule has 8 heteroatoms. The zero-order valence-corrected chi connectivity index (χ0v) is 20.7. The van der Waals surface area contributed by atoms with E-state index in [1.165, 1.54) is 11.8 Å². The molecule has 1 aliphatic heterocycles. The standard InChI is InChI=1S/C22H20Br2N2O3S/c1-5-6-29-20-16(23)9-14(10-17(20)28-4)11-18-21(27)26-22(30-18)25-15-7-12(2)19(24)13(3)8-15/h5,7-11H,1,6H2,2-4H3,(H,25,26,27)/b18-11-. The van der Waals surface area contributed by atoms with Crippen LogP contribution in [0.4, 0.5) is 5.69 Å². The number of amides is 1. The average molecular weight is 552 g/mol. The van der Waals surface area contributed by atoms with Crippen LogP contribution in [-0.2, 0) is 4.79 Å². The number of nitrogens with zero attached hydrogens (tertiary/aromatic N) is 1. The summed E-state index contributed by atoms with van der Waals surface area (Å²) in [5.41, 5.74) is 3.79. The Hall–Kier alpha value is -2.03. The Morgan fingerprint density at radius 2 is 1.90 bits per heavy atom. The second kappa shape index (κ2) is 9.85. The zero-order chi connectivity index (χ0) is 21.8. The molecule has 0 aromatic heterocycles. The molecular formula is C22H20Br2N2O3S. The van der Waals surface area contributed by atoms with Gasteiger partial charge in [-0.3, -0.25) is 4.79 Å². The molecule has 1 heterocycles. The summed E-state index contributed by atoms with van der Waals surface area (Å²) in [5.74, 6) is 0.967. The van der Waals surface area contributed by atoms with Gasteiger partial charge in [0.25, 0.3) is 5.91 Å². The molecule has 0 saturated carbocycles. The first-order valence-corrected chi connectivity index (χ1v) is 11.4. The Bertz CT molecular complexity index is 1060. The second-order valence-electron chi connectivity index (χ2n) is 6.51. The van der Waals surface area contributed by atoms with Gasteiger partial charge in [0, 0.05) is 4.47 Å². The molecule has 1 amide bonds. The number of ether oxygens (including phenoxy) is 2. The molecular weight excluding hydrogens is 532 g/mol. The van der Waals surface area contributed by atoms with E-state index in [1.807, 2.05) is 38.1 Å². The number of carbonyl (C=O) groups is 1. The van der Waals surface area contributed by atoms with Crippen LogP contribution < -0.4 is 14.8 Å². The molecule has 1 fully saturated rings. The van der Waals surface area contributed by atoms with Crippen LogP contribution in [0.3, 0.4) is 0 Å². The highest BCUT2D eigenvalue weighted by atomic mass is 79.9. The Morgan fingerprint density at radius 1 is 1.20 bits per heavy atom. The van der Waals surface area contributed by atoms with Crippen LogP contribution in [0.1, 0.15) is 16.7 Å². The number of thioether (sulfide) groups is 1.